The van der Waals surface area contributed by atoms with Crippen LogP contribution in [-0.2, 0) is 4.74 Å². The molecule has 1 aliphatic heterocycles. The van der Waals surface area contributed by atoms with Crippen molar-refractivity contribution in [2.75, 3.05) is 6.61 Å². The van der Waals surface area contributed by atoms with Crippen LogP contribution in [-0.4, -0.2) is 23.9 Å². The molecule has 0 radical (unpaired) electrons. The standard InChI is InChI=1S/C10H20O2/c1-2-3-4-5-6-7-9-10(8-11)12-9/h9-11H,2-8H2,1H3/t9-,10-/m0/s1. The lowest BCUT2D eigenvalue weighted by atomic mass is 10.1. The Morgan fingerprint density at radius 2 is 1.83 bits per heavy atom. The summed E-state index contributed by atoms with van der Waals surface area (Å²) in [5.74, 6) is 0. The first kappa shape index (κ1) is 10.0. The van der Waals surface area contributed by atoms with Crippen LogP contribution in [0.4, 0.5) is 0 Å². The molecule has 12 heavy (non-hydrogen) atoms. The highest BCUT2D eigenvalue weighted by Crippen LogP contribution is 2.26. The summed E-state index contributed by atoms with van der Waals surface area (Å²) in [7, 11) is 0. The number of epoxide rings is 1. The van der Waals surface area contributed by atoms with Crippen molar-refractivity contribution in [3.8, 4) is 0 Å². The molecule has 0 bridgehead atoms. The number of unbranched alkanes of at least 4 members (excludes halogenated alkanes) is 4. The van der Waals surface area contributed by atoms with Crippen LogP contribution in [0.1, 0.15) is 45.4 Å². The Morgan fingerprint density at radius 3 is 2.42 bits per heavy atom. The lowest BCUT2D eigenvalue weighted by Crippen LogP contribution is -1.98. The number of hydrogen-bond donors (Lipinski definition) is 1. The van der Waals surface area contributed by atoms with Crippen LogP contribution >= 0.6 is 0 Å². The average molecular weight is 172 g/mol. The Labute approximate surface area is 74.9 Å². The summed E-state index contributed by atoms with van der Waals surface area (Å²) in [5, 5.41) is 8.69. The Bertz CT molecular complexity index is 114. The van der Waals surface area contributed by atoms with E-state index in [0.717, 1.165) is 6.42 Å². The smallest absolute Gasteiger partial charge is 0.107 e. The first-order valence-electron chi connectivity index (χ1n) is 5.14. The second-order valence-corrected chi connectivity index (χ2v) is 3.60. The minimum Gasteiger partial charge on any atom is -0.394 e. The third kappa shape index (κ3) is 3.55. The Hall–Kier alpha value is -0.0800. The molecule has 1 heterocycles. The van der Waals surface area contributed by atoms with Crippen molar-refractivity contribution in [2.24, 2.45) is 0 Å². The Kier molecular flexibility index (Phi) is 4.62. The van der Waals surface area contributed by atoms with Gasteiger partial charge in [0, 0.05) is 0 Å². The molecule has 0 aliphatic carbocycles. The van der Waals surface area contributed by atoms with Gasteiger partial charge in [-0.1, -0.05) is 39.0 Å². The zero-order valence-electron chi connectivity index (χ0n) is 7.96. The maximum absolute atomic E-state index is 8.69. The lowest BCUT2D eigenvalue weighted by Gasteiger charge is -1.96. The minimum absolute atomic E-state index is 0.177. The monoisotopic (exact) mass is 172 g/mol. The molecule has 1 saturated heterocycles. The van der Waals surface area contributed by atoms with E-state index >= 15 is 0 Å². The molecule has 0 aromatic carbocycles. The van der Waals surface area contributed by atoms with E-state index in [1.165, 1.54) is 32.1 Å². The van der Waals surface area contributed by atoms with Gasteiger partial charge >= 0.3 is 0 Å². The van der Waals surface area contributed by atoms with Crippen LogP contribution in [0.15, 0.2) is 0 Å². The summed E-state index contributed by atoms with van der Waals surface area (Å²) in [6, 6.07) is 0. The van der Waals surface area contributed by atoms with Gasteiger partial charge in [0.15, 0.2) is 0 Å². The molecule has 2 atom stereocenters. The zero-order valence-corrected chi connectivity index (χ0v) is 7.96. The van der Waals surface area contributed by atoms with E-state index in [1.807, 2.05) is 0 Å². The predicted octanol–water partition coefficient (Wildman–Crippen LogP) is 2.11. The lowest BCUT2D eigenvalue weighted by molar-refractivity contribution is 0.241. The van der Waals surface area contributed by atoms with Gasteiger partial charge in [-0.05, 0) is 6.42 Å². The van der Waals surface area contributed by atoms with Gasteiger partial charge in [0.2, 0.25) is 0 Å². The van der Waals surface area contributed by atoms with Gasteiger partial charge in [-0.3, -0.25) is 0 Å². The molecule has 0 unspecified atom stereocenters. The molecule has 1 rings (SSSR count). The molecule has 0 saturated carbocycles. The third-order valence-corrected chi connectivity index (χ3v) is 2.46. The van der Waals surface area contributed by atoms with E-state index in [1.54, 1.807) is 0 Å². The summed E-state index contributed by atoms with van der Waals surface area (Å²) >= 11 is 0. The van der Waals surface area contributed by atoms with E-state index in [9.17, 15) is 0 Å². The molecule has 0 amide bonds. The topological polar surface area (TPSA) is 32.8 Å². The van der Waals surface area contributed by atoms with E-state index in [-0.39, 0.29) is 12.7 Å². The fraction of sp³-hybridized carbons (Fsp3) is 1.00. The highest BCUT2D eigenvalue weighted by atomic mass is 16.6. The molecular weight excluding hydrogens is 152 g/mol. The third-order valence-electron chi connectivity index (χ3n) is 2.46. The van der Waals surface area contributed by atoms with Crippen LogP contribution in [0.3, 0.4) is 0 Å². The predicted molar refractivity (Wildman–Crippen MR) is 49.1 cm³/mol. The molecule has 0 aromatic rings. The number of aliphatic hydroxyl groups excluding tert-OH is 1. The molecule has 1 fully saturated rings. The van der Waals surface area contributed by atoms with Gasteiger partial charge in [0.05, 0.1) is 12.7 Å². The number of rotatable bonds is 7. The maximum Gasteiger partial charge on any atom is 0.107 e. The number of aliphatic hydroxyl groups is 1. The van der Waals surface area contributed by atoms with Crippen LogP contribution in [0, 0.1) is 0 Å². The summed E-state index contributed by atoms with van der Waals surface area (Å²) in [6.07, 6.45) is 8.32. The molecule has 2 heteroatoms. The largest absolute Gasteiger partial charge is 0.394 e. The minimum atomic E-state index is 0.177. The molecule has 1 aliphatic rings. The van der Waals surface area contributed by atoms with Gasteiger partial charge in [-0.25, -0.2) is 0 Å². The van der Waals surface area contributed by atoms with Gasteiger partial charge in [-0.15, -0.1) is 0 Å². The van der Waals surface area contributed by atoms with Crippen LogP contribution < -0.4 is 0 Å². The van der Waals surface area contributed by atoms with Crippen LogP contribution in [0.25, 0.3) is 0 Å². The zero-order chi connectivity index (χ0) is 8.81. The second kappa shape index (κ2) is 5.55. The Morgan fingerprint density at radius 1 is 1.08 bits per heavy atom. The summed E-state index contributed by atoms with van der Waals surface area (Å²) < 4.78 is 5.22. The molecule has 0 aromatic heterocycles. The maximum atomic E-state index is 8.69. The number of hydrogen-bond acceptors (Lipinski definition) is 2. The first-order valence-corrected chi connectivity index (χ1v) is 5.14. The van der Waals surface area contributed by atoms with Crippen LogP contribution in [0.2, 0.25) is 0 Å². The highest BCUT2D eigenvalue weighted by molar-refractivity contribution is 4.83. The second-order valence-electron chi connectivity index (χ2n) is 3.60. The van der Waals surface area contributed by atoms with Gasteiger partial charge in [0.1, 0.15) is 6.10 Å². The van der Waals surface area contributed by atoms with Crippen molar-refractivity contribution in [1.82, 2.24) is 0 Å². The van der Waals surface area contributed by atoms with Gasteiger partial charge in [-0.2, -0.15) is 0 Å². The number of ether oxygens (including phenoxy) is 1. The highest BCUT2D eigenvalue weighted by Gasteiger charge is 2.36. The van der Waals surface area contributed by atoms with Crippen molar-refractivity contribution in [2.45, 2.75) is 57.7 Å². The molecular formula is C10H20O2. The van der Waals surface area contributed by atoms with E-state index < -0.39 is 0 Å². The van der Waals surface area contributed by atoms with Crippen LogP contribution in [0.5, 0.6) is 0 Å². The summed E-state index contributed by atoms with van der Waals surface area (Å²) in [6.45, 7) is 2.44. The summed E-state index contributed by atoms with van der Waals surface area (Å²) in [5.41, 5.74) is 0. The quantitative estimate of drug-likeness (QED) is 0.471. The normalized spacial score (nSPS) is 27.5. The van der Waals surface area contributed by atoms with Crippen molar-refractivity contribution in [3.05, 3.63) is 0 Å². The van der Waals surface area contributed by atoms with Crippen molar-refractivity contribution in [3.63, 3.8) is 0 Å². The van der Waals surface area contributed by atoms with E-state index in [0.29, 0.717) is 6.10 Å². The fourth-order valence-electron chi connectivity index (χ4n) is 1.54. The molecule has 2 nitrogen and oxygen atoms in total. The average Bonchev–Trinajstić information content (AvgIpc) is 2.83. The van der Waals surface area contributed by atoms with E-state index in [2.05, 4.69) is 6.92 Å². The van der Waals surface area contributed by atoms with Gasteiger partial charge in [0.25, 0.3) is 0 Å². The van der Waals surface area contributed by atoms with Gasteiger partial charge < -0.3 is 9.84 Å². The fourth-order valence-corrected chi connectivity index (χ4v) is 1.54. The van der Waals surface area contributed by atoms with E-state index in [4.69, 9.17) is 9.84 Å². The first-order chi connectivity index (χ1) is 5.88. The van der Waals surface area contributed by atoms with Crippen molar-refractivity contribution >= 4 is 0 Å². The van der Waals surface area contributed by atoms with Crippen molar-refractivity contribution < 1.29 is 9.84 Å². The Balaban J connectivity index is 1.78. The van der Waals surface area contributed by atoms with Crippen molar-refractivity contribution in [1.29, 1.82) is 0 Å². The molecule has 72 valence electrons. The SMILES string of the molecule is CCCCCCC[C@@H]1O[C@H]1CO. The summed E-state index contributed by atoms with van der Waals surface area (Å²) in [4.78, 5) is 0. The molecule has 0 spiro atoms. The molecule has 1 N–H and O–H groups in total.